The third-order valence-corrected chi connectivity index (χ3v) is 3.62. The highest BCUT2D eigenvalue weighted by Crippen LogP contribution is 2.56. The van der Waals surface area contributed by atoms with Crippen molar-refractivity contribution in [3.8, 4) is 0 Å². The van der Waals surface area contributed by atoms with E-state index < -0.39 is 0 Å². The van der Waals surface area contributed by atoms with Gasteiger partial charge in [-0.05, 0) is 43.4 Å². The lowest BCUT2D eigenvalue weighted by Gasteiger charge is -2.08. The molecule has 0 bridgehead atoms. The second-order valence-electron chi connectivity index (χ2n) is 4.52. The van der Waals surface area contributed by atoms with Crippen LogP contribution in [0, 0.1) is 17.8 Å². The predicted molar refractivity (Wildman–Crippen MR) is 51.0 cm³/mol. The van der Waals surface area contributed by atoms with E-state index in [2.05, 4.69) is 10.2 Å². The molecule has 2 saturated carbocycles. The quantitative estimate of drug-likeness (QED) is 0.720. The molecule has 0 radical (unpaired) electrons. The van der Waals surface area contributed by atoms with Crippen molar-refractivity contribution in [2.45, 2.75) is 25.7 Å². The van der Waals surface area contributed by atoms with Gasteiger partial charge in [-0.3, -0.25) is 5.10 Å². The molecule has 1 aromatic rings. The Labute approximate surface area is 77.7 Å². The van der Waals surface area contributed by atoms with Crippen molar-refractivity contribution in [3.63, 3.8) is 0 Å². The van der Waals surface area contributed by atoms with Gasteiger partial charge in [0.25, 0.3) is 0 Å². The molecule has 2 aliphatic carbocycles. The summed E-state index contributed by atoms with van der Waals surface area (Å²) >= 11 is 0. The topological polar surface area (TPSA) is 54.7 Å². The summed E-state index contributed by atoms with van der Waals surface area (Å²) in [5.74, 6) is 3.64. The van der Waals surface area contributed by atoms with Crippen molar-refractivity contribution in [2.75, 3.05) is 5.73 Å². The lowest BCUT2D eigenvalue weighted by Crippen LogP contribution is -2.03. The predicted octanol–water partition coefficient (Wildman–Crippen LogP) is 1.58. The third-order valence-electron chi connectivity index (χ3n) is 3.62. The Hall–Kier alpha value is -0.990. The van der Waals surface area contributed by atoms with Crippen LogP contribution in [-0.4, -0.2) is 10.2 Å². The number of nitrogens with zero attached hydrogens (tertiary/aromatic N) is 1. The zero-order valence-corrected chi connectivity index (χ0v) is 7.66. The number of anilines is 1. The fourth-order valence-corrected chi connectivity index (χ4v) is 2.84. The van der Waals surface area contributed by atoms with Crippen molar-refractivity contribution in [1.82, 2.24) is 10.2 Å². The molecule has 3 unspecified atom stereocenters. The standard InChI is InChI=1S/C10H15N3/c11-10-5-8(12-13-10)3-6-1-2-7-4-9(6)7/h5-7,9H,1-4H2,(H3,11,12,13). The van der Waals surface area contributed by atoms with Gasteiger partial charge in [-0.2, -0.15) is 5.10 Å². The van der Waals surface area contributed by atoms with Crippen LogP contribution in [0.5, 0.6) is 0 Å². The molecule has 3 nitrogen and oxygen atoms in total. The van der Waals surface area contributed by atoms with Crippen LogP contribution in [0.3, 0.4) is 0 Å². The summed E-state index contributed by atoms with van der Waals surface area (Å²) < 4.78 is 0. The molecule has 1 aromatic heterocycles. The first-order valence-corrected chi connectivity index (χ1v) is 5.12. The lowest BCUT2D eigenvalue weighted by molar-refractivity contribution is 0.472. The normalized spacial score (nSPS) is 36.2. The zero-order chi connectivity index (χ0) is 8.84. The Balaban J connectivity index is 1.68. The van der Waals surface area contributed by atoms with Gasteiger partial charge in [-0.15, -0.1) is 0 Å². The maximum Gasteiger partial charge on any atom is 0.145 e. The van der Waals surface area contributed by atoms with Gasteiger partial charge in [0.1, 0.15) is 5.82 Å². The van der Waals surface area contributed by atoms with E-state index in [0.717, 1.165) is 24.2 Å². The SMILES string of the molecule is Nc1cc(CC2CCC3CC23)[nH]n1. The molecular weight excluding hydrogens is 162 g/mol. The summed E-state index contributed by atoms with van der Waals surface area (Å²) in [4.78, 5) is 0. The fraction of sp³-hybridized carbons (Fsp3) is 0.700. The Kier molecular flexibility index (Phi) is 1.43. The molecule has 0 saturated heterocycles. The summed E-state index contributed by atoms with van der Waals surface area (Å²) in [5.41, 5.74) is 6.77. The lowest BCUT2D eigenvalue weighted by atomic mass is 9.98. The Morgan fingerprint density at radius 2 is 2.46 bits per heavy atom. The molecular formula is C10H15N3. The molecule has 3 heteroatoms. The van der Waals surface area contributed by atoms with Gasteiger partial charge in [0.05, 0.1) is 0 Å². The van der Waals surface area contributed by atoms with E-state index >= 15 is 0 Å². The van der Waals surface area contributed by atoms with Crippen LogP contribution in [0.4, 0.5) is 5.82 Å². The van der Waals surface area contributed by atoms with E-state index in [0.29, 0.717) is 5.82 Å². The van der Waals surface area contributed by atoms with Crippen molar-refractivity contribution in [2.24, 2.45) is 17.8 Å². The van der Waals surface area contributed by atoms with Crippen LogP contribution in [-0.2, 0) is 6.42 Å². The van der Waals surface area contributed by atoms with Crippen LogP contribution < -0.4 is 5.73 Å². The minimum Gasteiger partial charge on any atom is -0.382 e. The van der Waals surface area contributed by atoms with E-state index in [1.54, 1.807) is 0 Å². The third kappa shape index (κ3) is 1.23. The van der Waals surface area contributed by atoms with Gasteiger partial charge in [0, 0.05) is 11.8 Å². The number of nitrogen functional groups attached to an aromatic ring is 1. The minimum atomic E-state index is 0.625. The van der Waals surface area contributed by atoms with Gasteiger partial charge >= 0.3 is 0 Å². The van der Waals surface area contributed by atoms with Crippen LogP contribution in [0.25, 0.3) is 0 Å². The molecule has 0 aliphatic heterocycles. The molecule has 0 aromatic carbocycles. The Bertz CT molecular complexity index is 318. The zero-order valence-electron chi connectivity index (χ0n) is 7.66. The van der Waals surface area contributed by atoms with Gasteiger partial charge in [0.15, 0.2) is 0 Å². The molecule has 0 amide bonds. The minimum absolute atomic E-state index is 0.625. The number of aromatic amines is 1. The summed E-state index contributed by atoms with van der Waals surface area (Å²) in [6, 6.07) is 1.97. The summed E-state index contributed by atoms with van der Waals surface area (Å²) in [6.45, 7) is 0. The Morgan fingerprint density at radius 1 is 1.54 bits per heavy atom. The maximum atomic E-state index is 5.56. The highest BCUT2D eigenvalue weighted by Gasteiger charge is 2.47. The number of aromatic nitrogens is 2. The summed E-state index contributed by atoms with van der Waals surface area (Å²) in [7, 11) is 0. The largest absolute Gasteiger partial charge is 0.382 e. The molecule has 0 spiro atoms. The van der Waals surface area contributed by atoms with E-state index in [9.17, 15) is 0 Å². The number of nitrogens with one attached hydrogen (secondary N) is 1. The first-order chi connectivity index (χ1) is 6.33. The van der Waals surface area contributed by atoms with E-state index in [1.807, 2.05) is 6.07 Å². The second kappa shape index (κ2) is 2.50. The maximum absolute atomic E-state index is 5.56. The van der Waals surface area contributed by atoms with Crippen LogP contribution >= 0.6 is 0 Å². The monoisotopic (exact) mass is 177 g/mol. The average Bonchev–Trinajstić information content (AvgIpc) is 2.63. The molecule has 13 heavy (non-hydrogen) atoms. The van der Waals surface area contributed by atoms with E-state index in [4.69, 9.17) is 5.73 Å². The fourth-order valence-electron chi connectivity index (χ4n) is 2.84. The summed E-state index contributed by atoms with van der Waals surface area (Å²) in [5, 5.41) is 6.95. The summed E-state index contributed by atoms with van der Waals surface area (Å²) in [6.07, 6.45) is 5.51. The van der Waals surface area contributed by atoms with E-state index in [1.165, 1.54) is 25.0 Å². The molecule has 2 fully saturated rings. The van der Waals surface area contributed by atoms with Crippen LogP contribution in [0.2, 0.25) is 0 Å². The highest BCUT2D eigenvalue weighted by molar-refractivity contribution is 5.28. The average molecular weight is 177 g/mol. The van der Waals surface area contributed by atoms with Crippen LogP contribution in [0.1, 0.15) is 25.0 Å². The number of H-pyrrole nitrogens is 1. The Morgan fingerprint density at radius 3 is 3.00 bits per heavy atom. The first-order valence-electron chi connectivity index (χ1n) is 5.12. The van der Waals surface area contributed by atoms with Gasteiger partial charge in [-0.25, -0.2) is 0 Å². The first kappa shape index (κ1) is 7.42. The molecule has 3 atom stereocenters. The van der Waals surface area contributed by atoms with Crippen molar-refractivity contribution in [3.05, 3.63) is 11.8 Å². The molecule has 1 heterocycles. The number of hydrogen-bond donors (Lipinski definition) is 2. The van der Waals surface area contributed by atoms with Gasteiger partial charge < -0.3 is 5.73 Å². The molecule has 2 aliphatic rings. The van der Waals surface area contributed by atoms with Gasteiger partial charge in [-0.1, -0.05) is 0 Å². The number of rotatable bonds is 2. The van der Waals surface area contributed by atoms with Crippen molar-refractivity contribution >= 4 is 5.82 Å². The van der Waals surface area contributed by atoms with Crippen molar-refractivity contribution < 1.29 is 0 Å². The smallest absolute Gasteiger partial charge is 0.145 e. The molecule has 3 rings (SSSR count). The number of nitrogens with two attached hydrogens (primary N) is 1. The van der Waals surface area contributed by atoms with Gasteiger partial charge in [0.2, 0.25) is 0 Å². The molecule has 3 N–H and O–H groups in total. The second-order valence-corrected chi connectivity index (χ2v) is 4.52. The highest BCUT2D eigenvalue weighted by atomic mass is 15.2. The number of hydrogen-bond acceptors (Lipinski definition) is 2. The van der Waals surface area contributed by atoms with Crippen LogP contribution in [0.15, 0.2) is 6.07 Å². The molecule has 70 valence electrons. The van der Waals surface area contributed by atoms with E-state index in [-0.39, 0.29) is 0 Å². The van der Waals surface area contributed by atoms with Crippen molar-refractivity contribution in [1.29, 1.82) is 0 Å². The number of fused-ring (bicyclic) bond motifs is 1.